The van der Waals surface area contributed by atoms with Crippen molar-refractivity contribution in [2.24, 2.45) is 0 Å². The molecule has 2 aromatic carbocycles. The minimum absolute atomic E-state index is 0.228. The maximum atomic E-state index is 13.7. The number of pyridine rings is 1. The predicted molar refractivity (Wildman–Crippen MR) is 138 cm³/mol. The first kappa shape index (κ1) is 24.6. The Morgan fingerprint density at radius 2 is 1.86 bits per heavy atom. The van der Waals surface area contributed by atoms with Crippen molar-refractivity contribution in [2.45, 2.75) is 52.4 Å². The number of aromatic amines is 1. The minimum atomic E-state index is -0.627. The van der Waals surface area contributed by atoms with E-state index in [1.165, 1.54) is 12.1 Å². The van der Waals surface area contributed by atoms with E-state index >= 15 is 0 Å². The van der Waals surface area contributed by atoms with Crippen molar-refractivity contribution in [3.63, 3.8) is 0 Å². The summed E-state index contributed by atoms with van der Waals surface area (Å²) in [6, 6.07) is 17.2. The quantitative estimate of drug-likeness (QED) is 0.334. The highest BCUT2D eigenvalue weighted by Gasteiger charge is 2.34. The zero-order chi connectivity index (χ0) is 26.2. The van der Waals surface area contributed by atoms with Crippen LogP contribution in [-0.4, -0.2) is 30.1 Å². The molecule has 5 aromatic rings. The summed E-state index contributed by atoms with van der Waals surface area (Å²) in [6.07, 6.45) is 1.62. The van der Waals surface area contributed by atoms with Crippen LogP contribution in [0.5, 0.6) is 0 Å². The molecule has 5 rings (SSSR count). The third kappa shape index (κ3) is 5.22. The molecule has 3 aromatic heterocycles. The van der Waals surface area contributed by atoms with E-state index in [0.29, 0.717) is 24.5 Å². The number of halogens is 1. The second-order valence-electron chi connectivity index (χ2n) is 10.3. The molecule has 0 saturated carbocycles. The molecule has 0 amide bonds. The van der Waals surface area contributed by atoms with E-state index in [1.54, 1.807) is 23.1 Å². The van der Waals surface area contributed by atoms with Gasteiger partial charge in [0.2, 0.25) is 0 Å². The minimum Gasteiger partial charge on any atom is -0.468 e. The van der Waals surface area contributed by atoms with Crippen LogP contribution >= 0.6 is 0 Å². The summed E-state index contributed by atoms with van der Waals surface area (Å²) in [7, 11) is 0. The topological polar surface area (TPSA) is 92.8 Å². The summed E-state index contributed by atoms with van der Waals surface area (Å²) in [4.78, 5) is 18.7. The molecular weight excluding hydrogens is 471 g/mol. The molecule has 3 heterocycles. The van der Waals surface area contributed by atoms with E-state index in [1.807, 2.05) is 64.1 Å². The number of nitrogens with one attached hydrogen (secondary N) is 1. The van der Waals surface area contributed by atoms with Crippen LogP contribution in [0.15, 0.2) is 76.1 Å². The Balaban J connectivity index is 1.72. The maximum absolute atomic E-state index is 13.7. The van der Waals surface area contributed by atoms with Crippen molar-refractivity contribution in [1.82, 2.24) is 30.1 Å². The van der Waals surface area contributed by atoms with Gasteiger partial charge in [0.1, 0.15) is 17.6 Å². The van der Waals surface area contributed by atoms with Crippen LogP contribution in [-0.2, 0) is 18.6 Å². The van der Waals surface area contributed by atoms with Gasteiger partial charge >= 0.3 is 0 Å². The standard InChI is InChI=1S/C28H29FN6O2/c1-18-7-12-24-20(14-18)15-23(27(36)30-24)25(26-31-32-33-35(26)28(2,3)4)34(17-22-6-5-13-37-22)16-19-8-10-21(29)11-9-19/h5-15,25H,16-17H2,1-4H3,(H,30,36)/t25-/m0/s1. The van der Waals surface area contributed by atoms with E-state index in [-0.39, 0.29) is 11.4 Å². The molecule has 0 fully saturated rings. The summed E-state index contributed by atoms with van der Waals surface area (Å²) >= 11 is 0. The highest BCUT2D eigenvalue weighted by atomic mass is 19.1. The van der Waals surface area contributed by atoms with Crippen LogP contribution in [0, 0.1) is 12.7 Å². The van der Waals surface area contributed by atoms with Gasteiger partial charge in [0.15, 0.2) is 5.82 Å². The Hall–Kier alpha value is -4.11. The van der Waals surface area contributed by atoms with Crippen LogP contribution in [0.4, 0.5) is 4.39 Å². The van der Waals surface area contributed by atoms with E-state index in [2.05, 4.69) is 25.4 Å². The van der Waals surface area contributed by atoms with Crippen LogP contribution in [0.25, 0.3) is 10.9 Å². The first-order valence-corrected chi connectivity index (χ1v) is 12.1. The lowest BCUT2D eigenvalue weighted by Gasteiger charge is -2.32. The van der Waals surface area contributed by atoms with Crippen LogP contribution in [0.1, 0.15) is 55.1 Å². The smallest absolute Gasteiger partial charge is 0.253 e. The number of benzene rings is 2. The van der Waals surface area contributed by atoms with Gasteiger partial charge in [0, 0.05) is 17.6 Å². The largest absolute Gasteiger partial charge is 0.468 e. The monoisotopic (exact) mass is 500 g/mol. The Morgan fingerprint density at radius 1 is 1.08 bits per heavy atom. The lowest BCUT2D eigenvalue weighted by Crippen LogP contribution is -2.37. The van der Waals surface area contributed by atoms with Gasteiger partial charge in [0.05, 0.1) is 18.3 Å². The van der Waals surface area contributed by atoms with Crippen molar-refractivity contribution in [1.29, 1.82) is 0 Å². The number of H-pyrrole nitrogens is 1. The molecule has 1 atom stereocenters. The third-order valence-electron chi connectivity index (χ3n) is 6.30. The molecule has 0 unspecified atom stereocenters. The van der Waals surface area contributed by atoms with Gasteiger partial charge in [-0.2, -0.15) is 0 Å². The number of aromatic nitrogens is 5. The summed E-state index contributed by atoms with van der Waals surface area (Å²) < 4.78 is 21.1. The Labute approximate surface area is 213 Å². The predicted octanol–water partition coefficient (Wildman–Crippen LogP) is 5.10. The molecule has 0 aliphatic heterocycles. The summed E-state index contributed by atoms with van der Waals surface area (Å²) in [6.45, 7) is 8.81. The number of tetrazole rings is 1. The molecule has 190 valence electrons. The summed E-state index contributed by atoms with van der Waals surface area (Å²) in [5.74, 6) is 0.935. The molecule has 0 saturated heterocycles. The number of furan rings is 1. The first-order valence-electron chi connectivity index (χ1n) is 12.1. The Bertz CT molecular complexity index is 1570. The number of fused-ring (bicyclic) bond motifs is 1. The summed E-state index contributed by atoms with van der Waals surface area (Å²) in [5.41, 5.74) is 2.55. The normalized spacial score (nSPS) is 12.9. The first-order chi connectivity index (χ1) is 17.7. The van der Waals surface area contributed by atoms with Crippen molar-refractivity contribution >= 4 is 10.9 Å². The summed E-state index contributed by atoms with van der Waals surface area (Å²) in [5, 5.41) is 13.6. The fourth-order valence-corrected chi connectivity index (χ4v) is 4.55. The van der Waals surface area contributed by atoms with Crippen molar-refractivity contribution in [3.05, 3.63) is 111 Å². The fraction of sp³-hybridized carbons (Fsp3) is 0.286. The highest BCUT2D eigenvalue weighted by Crippen LogP contribution is 2.32. The zero-order valence-electron chi connectivity index (χ0n) is 21.3. The van der Waals surface area contributed by atoms with Crippen LogP contribution in [0.2, 0.25) is 0 Å². The molecule has 8 nitrogen and oxygen atoms in total. The van der Waals surface area contributed by atoms with Gasteiger partial charge in [0.25, 0.3) is 5.56 Å². The van der Waals surface area contributed by atoms with Gasteiger partial charge in [-0.05, 0) is 91.5 Å². The SMILES string of the molecule is Cc1ccc2[nH]c(=O)c([C@@H](c3nnnn3C(C)(C)C)N(Cc3ccc(F)cc3)Cc3ccco3)cc2c1. The van der Waals surface area contributed by atoms with Gasteiger partial charge in [-0.3, -0.25) is 9.69 Å². The third-order valence-corrected chi connectivity index (χ3v) is 6.30. The number of nitrogens with zero attached hydrogens (tertiary/aromatic N) is 5. The number of hydrogen-bond acceptors (Lipinski definition) is 6. The Morgan fingerprint density at radius 3 is 2.57 bits per heavy atom. The lowest BCUT2D eigenvalue weighted by molar-refractivity contribution is 0.171. The lowest BCUT2D eigenvalue weighted by atomic mass is 10.00. The molecule has 0 aliphatic carbocycles. The number of hydrogen-bond donors (Lipinski definition) is 1. The Kier molecular flexibility index (Phi) is 6.47. The van der Waals surface area contributed by atoms with Gasteiger partial charge in [-0.25, -0.2) is 9.07 Å². The average molecular weight is 501 g/mol. The number of aryl methyl sites for hydroxylation is 1. The molecule has 37 heavy (non-hydrogen) atoms. The van der Waals surface area contributed by atoms with Crippen molar-refractivity contribution in [3.8, 4) is 0 Å². The van der Waals surface area contributed by atoms with Crippen molar-refractivity contribution < 1.29 is 8.81 Å². The van der Waals surface area contributed by atoms with Crippen LogP contribution < -0.4 is 5.56 Å². The molecule has 9 heteroatoms. The second kappa shape index (κ2) is 9.74. The molecule has 0 bridgehead atoms. The molecule has 0 aliphatic rings. The molecule has 0 radical (unpaired) electrons. The second-order valence-corrected chi connectivity index (χ2v) is 10.3. The van der Waals surface area contributed by atoms with Gasteiger partial charge < -0.3 is 9.40 Å². The van der Waals surface area contributed by atoms with Gasteiger partial charge in [-0.1, -0.05) is 23.8 Å². The van der Waals surface area contributed by atoms with E-state index in [9.17, 15) is 9.18 Å². The van der Waals surface area contributed by atoms with E-state index in [0.717, 1.165) is 27.8 Å². The molecular formula is C28H29FN6O2. The van der Waals surface area contributed by atoms with E-state index < -0.39 is 11.6 Å². The zero-order valence-corrected chi connectivity index (χ0v) is 21.3. The van der Waals surface area contributed by atoms with Crippen molar-refractivity contribution in [2.75, 3.05) is 0 Å². The van der Waals surface area contributed by atoms with E-state index in [4.69, 9.17) is 4.42 Å². The number of rotatable bonds is 7. The fourth-order valence-electron chi connectivity index (χ4n) is 4.55. The van der Waals surface area contributed by atoms with Crippen LogP contribution in [0.3, 0.4) is 0 Å². The molecule has 0 spiro atoms. The maximum Gasteiger partial charge on any atom is 0.253 e. The average Bonchev–Trinajstić information content (AvgIpc) is 3.54. The van der Waals surface area contributed by atoms with Gasteiger partial charge in [-0.15, -0.1) is 5.10 Å². The highest BCUT2D eigenvalue weighted by molar-refractivity contribution is 5.79. The molecule has 1 N–H and O–H groups in total.